The second-order valence-corrected chi connectivity index (χ2v) is 7.50. The topological polar surface area (TPSA) is 108 Å². The van der Waals surface area contributed by atoms with Crippen LogP contribution in [0.4, 0.5) is 5.88 Å². The molecular weight excluding hydrogens is 380 g/mol. The number of anilines is 1. The van der Waals surface area contributed by atoms with E-state index in [9.17, 15) is 4.79 Å². The second-order valence-electron chi connectivity index (χ2n) is 6.56. The molecule has 0 aliphatic carbocycles. The highest BCUT2D eigenvalue weighted by molar-refractivity contribution is 7.99. The summed E-state index contributed by atoms with van der Waals surface area (Å²) in [7, 11) is 0. The lowest BCUT2D eigenvalue weighted by atomic mass is 10.1. The minimum atomic E-state index is -0.219. The summed E-state index contributed by atoms with van der Waals surface area (Å²) in [6.07, 6.45) is 2.18. The number of carbonyl (C=O) groups is 1. The van der Waals surface area contributed by atoms with Gasteiger partial charge in [0.05, 0.1) is 18.4 Å². The van der Waals surface area contributed by atoms with Crippen LogP contribution in [0.1, 0.15) is 18.4 Å². The van der Waals surface area contributed by atoms with Crippen molar-refractivity contribution < 1.29 is 14.1 Å². The molecule has 1 fully saturated rings. The quantitative estimate of drug-likeness (QED) is 0.603. The van der Waals surface area contributed by atoms with Crippen molar-refractivity contribution in [2.75, 3.05) is 17.7 Å². The van der Waals surface area contributed by atoms with Gasteiger partial charge in [0.15, 0.2) is 0 Å². The van der Waals surface area contributed by atoms with E-state index < -0.39 is 0 Å². The van der Waals surface area contributed by atoms with Gasteiger partial charge in [-0.3, -0.25) is 10.1 Å². The van der Waals surface area contributed by atoms with Crippen LogP contribution in [0.25, 0.3) is 11.3 Å². The van der Waals surface area contributed by atoms with E-state index in [2.05, 4.69) is 26.0 Å². The zero-order chi connectivity index (χ0) is 19.3. The first-order valence-corrected chi connectivity index (χ1v) is 10.00. The number of rotatable bonds is 7. The molecule has 1 saturated heterocycles. The maximum absolute atomic E-state index is 12.2. The summed E-state index contributed by atoms with van der Waals surface area (Å²) < 4.78 is 12.5. The fourth-order valence-corrected chi connectivity index (χ4v) is 3.58. The van der Waals surface area contributed by atoms with E-state index in [-0.39, 0.29) is 17.8 Å². The Hall–Kier alpha value is -2.72. The summed E-state index contributed by atoms with van der Waals surface area (Å²) in [6, 6.07) is 9.62. The molecule has 1 amide bonds. The van der Waals surface area contributed by atoms with Gasteiger partial charge in [-0.25, -0.2) is 4.68 Å². The van der Waals surface area contributed by atoms with Crippen LogP contribution in [0, 0.1) is 6.92 Å². The van der Waals surface area contributed by atoms with Crippen LogP contribution < -0.4 is 5.32 Å². The summed E-state index contributed by atoms with van der Waals surface area (Å²) in [5.74, 6) is 0.246. The Balaban J connectivity index is 1.30. The van der Waals surface area contributed by atoms with Crippen molar-refractivity contribution in [3.8, 4) is 11.3 Å². The molecule has 0 saturated carbocycles. The zero-order valence-electron chi connectivity index (χ0n) is 15.4. The fourth-order valence-electron chi connectivity index (χ4n) is 2.89. The number of aryl methyl sites for hydroxylation is 1. The van der Waals surface area contributed by atoms with E-state index in [1.54, 1.807) is 10.7 Å². The number of carbonyl (C=O) groups excluding carboxylic acids is 1. The lowest BCUT2D eigenvalue weighted by Gasteiger charge is -2.09. The first-order valence-electron chi connectivity index (χ1n) is 9.01. The van der Waals surface area contributed by atoms with E-state index in [0.29, 0.717) is 23.3 Å². The van der Waals surface area contributed by atoms with Gasteiger partial charge in [-0.15, -0.1) is 5.10 Å². The van der Waals surface area contributed by atoms with Crippen LogP contribution in [-0.2, 0) is 16.1 Å². The molecule has 0 spiro atoms. The number of tetrazole rings is 1. The zero-order valence-corrected chi connectivity index (χ0v) is 16.2. The predicted molar refractivity (Wildman–Crippen MR) is 103 cm³/mol. The molecule has 3 aromatic rings. The Bertz CT molecular complexity index is 933. The number of nitrogens with zero attached hydrogens (tertiary/aromatic N) is 5. The van der Waals surface area contributed by atoms with Crippen molar-refractivity contribution in [1.82, 2.24) is 25.4 Å². The number of aromatic nitrogens is 5. The Labute approximate surface area is 165 Å². The molecular formula is C18H20N6O3S. The van der Waals surface area contributed by atoms with Crippen molar-refractivity contribution in [3.63, 3.8) is 0 Å². The summed E-state index contributed by atoms with van der Waals surface area (Å²) in [6.45, 7) is 3.39. The van der Waals surface area contributed by atoms with Crippen LogP contribution in [-0.4, -0.2) is 49.7 Å². The Morgan fingerprint density at radius 3 is 3.00 bits per heavy atom. The van der Waals surface area contributed by atoms with Gasteiger partial charge in [-0.1, -0.05) is 46.7 Å². The Kier molecular flexibility index (Phi) is 5.68. The minimum Gasteiger partial charge on any atom is -0.376 e. The molecule has 28 heavy (non-hydrogen) atoms. The van der Waals surface area contributed by atoms with Crippen molar-refractivity contribution in [3.05, 3.63) is 35.9 Å². The molecule has 0 bridgehead atoms. The molecule has 1 N–H and O–H groups in total. The van der Waals surface area contributed by atoms with Crippen LogP contribution in [0.15, 0.2) is 40.0 Å². The van der Waals surface area contributed by atoms with Crippen molar-refractivity contribution >= 4 is 23.6 Å². The molecule has 1 atom stereocenters. The normalized spacial score (nSPS) is 16.4. The highest BCUT2D eigenvalue weighted by Crippen LogP contribution is 2.23. The standard InChI is InChI=1S/C18H20N6O3S/c1-12-4-6-13(7-5-12)15-9-17(27-21-15)19-16(25)11-28-18-20-22-23-24(18)10-14-3-2-8-26-14/h4-7,9,14H,2-3,8,10-11H2,1H3,(H,19,25)/t14-/m0/s1. The number of thioether (sulfide) groups is 1. The minimum absolute atomic E-state index is 0.131. The maximum Gasteiger partial charge on any atom is 0.237 e. The highest BCUT2D eigenvalue weighted by atomic mass is 32.2. The van der Waals surface area contributed by atoms with Crippen LogP contribution >= 0.6 is 11.8 Å². The van der Waals surface area contributed by atoms with Crippen molar-refractivity contribution in [1.29, 1.82) is 0 Å². The summed E-state index contributed by atoms with van der Waals surface area (Å²) in [5, 5.41) is 19.0. The molecule has 9 nitrogen and oxygen atoms in total. The third kappa shape index (κ3) is 4.57. The van der Waals surface area contributed by atoms with Crippen LogP contribution in [0.5, 0.6) is 0 Å². The van der Waals surface area contributed by atoms with Crippen molar-refractivity contribution in [2.24, 2.45) is 0 Å². The largest absolute Gasteiger partial charge is 0.376 e. The van der Waals surface area contributed by atoms with Gasteiger partial charge >= 0.3 is 0 Å². The number of nitrogens with one attached hydrogen (secondary N) is 1. The van der Waals surface area contributed by atoms with Gasteiger partial charge in [0.1, 0.15) is 5.69 Å². The Morgan fingerprint density at radius 1 is 1.36 bits per heavy atom. The van der Waals surface area contributed by atoms with E-state index in [1.807, 2.05) is 31.2 Å². The molecule has 0 unspecified atom stereocenters. The van der Waals surface area contributed by atoms with Gasteiger partial charge in [0.2, 0.25) is 16.9 Å². The van der Waals surface area contributed by atoms with E-state index in [1.165, 1.54) is 17.3 Å². The Morgan fingerprint density at radius 2 is 2.21 bits per heavy atom. The van der Waals surface area contributed by atoms with Gasteiger partial charge in [0, 0.05) is 18.2 Å². The molecule has 146 valence electrons. The molecule has 3 heterocycles. The van der Waals surface area contributed by atoms with E-state index >= 15 is 0 Å². The molecule has 4 rings (SSSR count). The predicted octanol–water partition coefficient (Wildman–Crippen LogP) is 2.55. The SMILES string of the molecule is Cc1ccc(-c2cc(NC(=O)CSc3nnnn3C[C@@H]3CCCO3)on2)cc1. The third-order valence-corrected chi connectivity index (χ3v) is 5.31. The molecule has 0 radical (unpaired) electrons. The molecule has 10 heteroatoms. The number of hydrogen-bond donors (Lipinski definition) is 1. The smallest absolute Gasteiger partial charge is 0.237 e. The van der Waals surface area contributed by atoms with Gasteiger partial charge < -0.3 is 9.26 Å². The summed E-state index contributed by atoms with van der Waals surface area (Å²) in [5.41, 5.74) is 2.76. The summed E-state index contributed by atoms with van der Waals surface area (Å²) >= 11 is 1.27. The fraction of sp³-hybridized carbons (Fsp3) is 0.389. The lowest BCUT2D eigenvalue weighted by molar-refractivity contribution is -0.113. The molecule has 1 aliphatic rings. The highest BCUT2D eigenvalue weighted by Gasteiger charge is 2.19. The summed E-state index contributed by atoms with van der Waals surface area (Å²) in [4.78, 5) is 12.2. The monoisotopic (exact) mass is 400 g/mol. The lowest BCUT2D eigenvalue weighted by Crippen LogP contribution is -2.18. The number of hydrogen-bond acceptors (Lipinski definition) is 8. The molecule has 1 aliphatic heterocycles. The molecule has 2 aromatic heterocycles. The van der Waals surface area contributed by atoms with E-state index in [4.69, 9.17) is 9.26 Å². The average Bonchev–Trinajstić information content (AvgIpc) is 3.44. The van der Waals surface area contributed by atoms with Crippen molar-refractivity contribution in [2.45, 2.75) is 37.6 Å². The first kappa shape index (κ1) is 18.6. The number of benzene rings is 1. The van der Waals surface area contributed by atoms with Crippen LogP contribution in [0.3, 0.4) is 0 Å². The first-order chi connectivity index (χ1) is 13.7. The maximum atomic E-state index is 12.2. The van der Waals surface area contributed by atoms with Gasteiger partial charge in [-0.05, 0) is 30.2 Å². The van der Waals surface area contributed by atoms with Crippen LogP contribution in [0.2, 0.25) is 0 Å². The molecule has 1 aromatic carbocycles. The second kappa shape index (κ2) is 8.53. The average molecular weight is 400 g/mol. The van der Waals surface area contributed by atoms with Gasteiger partial charge in [-0.2, -0.15) is 0 Å². The number of ether oxygens (including phenoxy) is 1. The van der Waals surface area contributed by atoms with E-state index in [0.717, 1.165) is 25.0 Å². The number of amides is 1. The van der Waals surface area contributed by atoms with Gasteiger partial charge in [0.25, 0.3) is 0 Å². The third-order valence-electron chi connectivity index (χ3n) is 4.35.